The Kier molecular flexibility index (Phi) is 3.05. The number of fused-ring (bicyclic) bond motifs is 1. The second-order valence-corrected chi connectivity index (χ2v) is 5.45. The van der Waals surface area contributed by atoms with E-state index in [4.69, 9.17) is 0 Å². The third-order valence-electron chi connectivity index (χ3n) is 4.31. The van der Waals surface area contributed by atoms with Crippen LogP contribution in [0.4, 0.5) is 0 Å². The minimum atomic E-state index is 0.171. The van der Waals surface area contributed by atoms with Crippen LogP contribution in [-0.4, -0.2) is 27.9 Å². The Morgan fingerprint density at radius 1 is 1.37 bits per heavy atom. The van der Waals surface area contributed by atoms with Gasteiger partial charge < -0.3 is 9.88 Å². The third-order valence-corrected chi connectivity index (χ3v) is 4.31. The molecule has 0 bridgehead atoms. The second kappa shape index (κ2) is 4.72. The van der Waals surface area contributed by atoms with Gasteiger partial charge in [-0.1, -0.05) is 19.1 Å². The summed E-state index contributed by atoms with van der Waals surface area (Å²) < 4.78 is 0. The van der Waals surface area contributed by atoms with E-state index in [-0.39, 0.29) is 5.91 Å². The molecule has 2 unspecified atom stereocenters. The molecule has 2 heterocycles. The lowest BCUT2D eigenvalue weighted by atomic mass is 10.1. The van der Waals surface area contributed by atoms with Gasteiger partial charge in [-0.25, -0.2) is 0 Å². The number of aromatic nitrogens is 1. The van der Waals surface area contributed by atoms with Crippen LogP contribution in [0.1, 0.15) is 43.5 Å². The zero-order valence-electron chi connectivity index (χ0n) is 11.5. The largest absolute Gasteiger partial charge is 0.361 e. The summed E-state index contributed by atoms with van der Waals surface area (Å²) in [6.45, 7) is 4.32. The summed E-state index contributed by atoms with van der Waals surface area (Å²) >= 11 is 0. The van der Waals surface area contributed by atoms with Crippen LogP contribution in [0, 0.1) is 0 Å². The first-order valence-corrected chi connectivity index (χ1v) is 7.11. The number of aromatic amines is 1. The molecule has 3 rings (SSSR count). The number of carbonyl (C=O) groups is 1. The molecule has 1 aliphatic heterocycles. The summed E-state index contributed by atoms with van der Waals surface area (Å²) in [7, 11) is 0. The van der Waals surface area contributed by atoms with Crippen LogP contribution in [0.3, 0.4) is 0 Å². The number of nitrogens with one attached hydrogen (secondary N) is 1. The molecule has 1 amide bonds. The Bertz CT molecular complexity index is 602. The molecule has 2 atom stereocenters. The van der Waals surface area contributed by atoms with Crippen molar-refractivity contribution in [1.29, 1.82) is 0 Å². The van der Waals surface area contributed by atoms with E-state index in [1.165, 1.54) is 0 Å². The van der Waals surface area contributed by atoms with Gasteiger partial charge in [0.2, 0.25) is 0 Å². The molecule has 1 aromatic heterocycles. The van der Waals surface area contributed by atoms with E-state index in [9.17, 15) is 4.79 Å². The van der Waals surface area contributed by atoms with E-state index in [0.717, 1.165) is 35.7 Å². The number of likely N-dealkylation sites (tertiary alicyclic amines) is 1. The SMILES string of the molecule is CCC1CCC(C)N1C(=O)c1cccc2cc[nH]c12. The Hall–Kier alpha value is -1.77. The van der Waals surface area contributed by atoms with E-state index in [0.29, 0.717) is 12.1 Å². The number of benzene rings is 1. The zero-order chi connectivity index (χ0) is 13.4. The normalized spacial score (nSPS) is 23.2. The van der Waals surface area contributed by atoms with Gasteiger partial charge in [0.25, 0.3) is 5.91 Å². The van der Waals surface area contributed by atoms with Crippen molar-refractivity contribution in [2.75, 3.05) is 0 Å². The van der Waals surface area contributed by atoms with E-state index in [1.54, 1.807) is 0 Å². The highest BCUT2D eigenvalue weighted by Crippen LogP contribution is 2.29. The summed E-state index contributed by atoms with van der Waals surface area (Å²) in [5, 5.41) is 1.10. The highest BCUT2D eigenvalue weighted by atomic mass is 16.2. The molecule has 1 aromatic carbocycles. The van der Waals surface area contributed by atoms with Crippen molar-refractivity contribution in [2.45, 2.75) is 45.2 Å². The van der Waals surface area contributed by atoms with Crippen LogP contribution in [0.25, 0.3) is 10.9 Å². The summed E-state index contributed by atoms with van der Waals surface area (Å²) in [5.41, 5.74) is 1.76. The summed E-state index contributed by atoms with van der Waals surface area (Å²) in [6, 6.07) is 8.68. The lowest BCUT2D eigenvalue weighted by Crippen LogP contribution is -2.39. The smallest absolute Gasteiger partial charge is 0.256 e. The van der Waals surface area contributed by atoms with Crippen LogP contribution in [0.5, 0.6) is 0 Å². The third kappa shape index (κ3) is 1.93. The first-order valence-electron chi connectivity index (χ1n) is 7.11. The van der Waals surface area contributed by atoms with Gasteiger partial charge in [-0.3, -0.25) is 4.79 Å². The van der Waals surface area contributed by atoms with Gasteiger partial charge in [-0.2, -0.15) is 0 Å². The van der Waals surface area contributed by atoms with E-state index >= 15 is 0 Å². The van der Waals surface area contributed by atoms with Crippen LogP contribution < -0.4 is 0 Å². The first kappa shape index (κ1) is 12.3. The van der Waals surface area contributed by atoms with Crippen molar-refractivity contribution in [3.63, 3.8) is 0 Å². The van der Waals surface area contributed by atoms with E-state index in [2.05, 4.69) is 23.7 Å². The van der Waals surface area contributed by atoms with Crippen LogP contribution in [0.15, 0.2) is 30.5 Å². The van der Waals surface area contributed by atoms with Crippen LogP contribution in [-0.2, 0) is 0 Å². The van der Waals surface area contributed by atoms with Gasteiger partial charge in [0.15, 0.2) is 0 Å². The predicted molar refractivity (Wildman–Crippen MR) is 77.2 cm³/mol. The van der Waals surface area contributed by atoms with Crippen molar-refractivity contribution in [2.24, 2.45) is 0 Å². The standard InChI is InChI=1S/C16H20N2O/c1-3-13-8-7-11(2)18(13)16(19)14-6-4-5-12-9-10-17-15(12)14/h4-6,9-11,13,17H,3,7-8H2,1-2H3. The molecular weight excluding hydrogens is 236 g/mol. The molecule has 100 valence electrons. The summed E-state index contributed by atoms with van der Waals surface area (Å²) in [6.07, 6.45) is 5.18. The summed E-state index contributed by atoms with van der Waals surface area (Å²) in [5.74, 6) is 0.171. The van der Waals surface area contributed by atoms with Gasteiger partial charge in [-0.15, -0.1) is 0 Å². The fraction of sp³-hybridized carbons (Fsp3) is 0.438. The topological polar surface area (TPSA) is 36.1 Å². The number of hydrogen-bond donors (Lipinski definition) is 1. The molecular formula is C16H20N2O. The molecule has 1 saturated heterocycles. The molecule has 19 heavy (non-hydrogen) atoms. The fourth-order valence-electron chi connectivity index (χ4n) is 3.24. The summed E-state index contributed by atoms with van der Waals surface area (Å²) in [4.78, 5) is 18.1. The minimum Gasteiger partial charge on any atom is -0.361 e. The maximum atomic E-state index is 12.8. The second-order valence-electron chi connectivity index (χ2n) is 5.45. The number of hydrogen-bond acceptors (Lipinski definition) is 1. The van der Waals surface area contributed by atoms with Gasteiger partial charge in [0.05, 0.1) is 11.1 Å². The van der Waals surface area contributed by atoms with Crippen molar-refractivity contribution in [1.82, 2.24) is 9.88 Å². The highest BCUT2D eigenvalue weighted by Gasteiger charge is 2.34. The molecule has 1 fully saturated rings. The van der Waals surface area contributed by atoms with Crippen LogP contribution in [0.2, 0.25) is 0 Å². The van der Waals surface area contributed by atoms with Crippen LogP contribution >= 0.6 is 0 Å². The van der Waals surface area contributed by atoms with Crippen molar-refractivity contribution >= 4 is 16.8 Å². The average molecular weight is 256 g/mol. The molecule has 3 nitrogen and oxygen atoms in total. The van der Waals surface area contributed by atoms with Crippen molar-refractivity contribution in [3.8, 4) is 0 Å². The maximum Gasteiger partial charge on any atom is 0.256 e. The number of amides is 1. The van der Waals surface area contributed by atoms with Crippen molar-refractivity contribution < 1.29 is 4.79 Å². The molecule has 0 aliphatic carbocycles. The average Bonchev–Trinajstić information content (AvgIpc) is 3.03. The van der Waals surface area contributed by atoms with E-state index in [1.807, 2.05) is 30.5 Å². The number of para-hydroxylation sites is 1. The molecule has 1 N–H and O–H groups in total. The number of carbonyl (C=O) groups excluding carboxylic acids is 1. The molecule has 3 heteroatoms. The fourth-order valence-corrected chi connectivity index (χ4v) is 3.24. The Balaban J connectivity index is 2.01. The highest BCUT2D eigenvalue weighted by molar-refractivity contribution is 6.06. The monoisotopic (exact) mass is 256 g/mol. The molecule has 0 radical (unpaired) electrons. The molecule has 0 saturated carbocycles. The molecule has 1 aliphatic rings. The Morgan fingerprint density at radius 3 is 3.00 bits per heavy atom. The number of H-pyrrole nitrogens is 1. The van der Waals surface area contributed by atoms with Gasteiger partial charge in [-0.05, 0) is 38.3 Å². The molecule has 0 spiro atoms. The predicted octanol–water partition coefficient (Wildman–Crippen LogP) is 3.57. The Morgan fingerprint density at radius 2 is 2.21 bits per heavy atom. The van der Waals surface area contributed by atoms with E-state index < -0.39 is 0 Å². The zero-order valence-corrected chi connectivity index (χ0v) is 11.5. The quantitative estimate of drug-likeness (QED) is 0.876. The minimum absolute atomic E-state index is 0.171. The van der Waals surface area contributed by atoms with Gasteiger partial charge in [0, 0.05) is 23.7 Å². The molecule has 2 aromatic rings. The number of rotatable bonds is 2. The maximum absolute atomic E-state index is 12.8. The van der Waals surface area contributed by atoms with Gasteiger partial charge >= 0.3 is 0 Å². The lowest BCUT2D eigenvalue weighted by molar-refractivity contribution is 0.0678. The number of nitrogens with zero attached hydrogens (tertiary/aromatic N) is 1. The van der Waals surface area contributed by atoms with Gasteiger partial charge in [0.1, 0.15) is 0 Å². The first-order chi connectivity index (χ1) is 9.22. The lowest BCUT2D eigenvalue weighted by Gasteiger charge is -2.28. The van der Waals surface area contributed by atoms with Crippen molar-refractivity contribution in [3.05, 3.63) is 36.0 Å². The Labute approximate surface area is 113 Å².